The molecule has 0 aromatic heterocycles. The summed E-state index contributed by atoms with van der Waals surface area (Å²) in [5, 5.41) is 2.66. The van der Waals surface area contributed by atoms with E-state index in [4.69, 9.17) is 9.47 Å². The van der Waals surface area contributed by atoms with Crippen LogP contribution in [0.2, 0.25) is 0 Å². The molecule has 1 amide bonds. The second-order valence-corrected chi connectivity index (χ2v) is 8.39. The Morgan fingerprint density at radius 1 is 1.10 bits per heavy atom. The number of hydrogen-bond acceptors (Lipinski definition) is 6. The van der Waals surface area contributed by atoms with Gasteiger partial charge in [0.05, 0.1) is 18.4 Å². The average Bonchev–Trinajstić information content (AvgIpc) is 2.67. The molecule has 29 heavy (non-hydrogen) atoms. The molecule has 0 aliphatic carbocycles. The summed E-state index contributed by atoms with van der Waals surface area (Å²) >= 11 is 0. The summed E-state index contributed by atoms with van der Waals surface area (Å²) < 4.78 is 34.5. The number of carbonyl (C=O) groups is 2. The molecule has 2 aromatic carbocycles. The molecule has 1 N–H and O–H groups in total. The molecule has 0 atom stereocenters. The van der Waals surface area contributed by atoms with E-state index in [-0.39, 0.29) is 25.7 Å². The van der Waals surface area contributed by atoms with Gasteiger partial charge in [0, 0.05) is 19.3 Å². The summed E-state index contributed by atoms with van der Waals surface area (Å²) in [6, 6.07) is 13.2. The van der Waals surface area contributed by atoms with E-state index < -0.39 is 16.0 Å². The predicted molar refractivity (Wildman–Crippen MR) is 109 cm³/mol. The van der Waals surface area contributed by atoms with Gasteiger partial charge in [0.15, 0.2) is 6.61 Å². The number of hydrogen-bond donors (Lipinski definition) is 1. The summed E-state index contributed by atoms with van der Waals surface area (Å²) in [7, 11) is -1.75. The van der Waals surface area contributed by atoms with Crippen LogP contribution in [0.15, 0.2) is 48.5 Å². The van der Waals surface area contributed by atoms with Crippen molar-refractivity contribution in [2.45, 2.75) is 13.5 Å². The Hall–Kier alpha value is -2.91. The Labute approximate surface area is 170 Å². The zero-order valence-corrected chi connectivity index (χ0v) is 17.4. The van der Waals surface area contributed by atoms with Crippen molar-refractivity contribution in [2.24, 2.45) is 0 Å². The fraction of sp³-hybridized carbons (Fsp3) is 0.300. The molecule has 0 bridgehead atoms. The van der Waals surface area contributed by atoms with Gasteiger partial charge < -0.3 is 14.8 Å². The smallest absolute Gasteiger partial charge is 0.338 e. The van der Waals surface area contributed by atoms with Crippen molar-refractivity contribution < 1.29 is 27.5 Å². The van der Waals surface area contributed by atoms with Crippen LogP contribution in [0.3, 0.4) is 0 Å². The number of nitrogens with zero attached hydrogens (tertiary/aromatic N) is 1. The molecule has 0 saturated carbocycles. The lowest BCUT2D eigenvalue weighted by Crippen LogP contribution is -2.24. The highest BCUT2D eigenvalue weighted by Crippen LogP contribution is 2.15. The van der Waals surface area contributed by atoms with Crippen molar-refractivity contribution in [3.05, 3.63) is 59.7 Å². The number of esters is 1. The molecule has 0 heterocycles. The second kappa shape index (κ2) is 10.0. The average molecular weight is 420 g/mol. The van der Waals surface area contributed by atoms with Crippen molar-refractivity contribution in [1.29, 1.82) is 0 Å². The van der Waals surface area contributed by atoms with E-state index in [9.17, 15) is 18.0 Å². The van der Waals surface area contributed by atoms with E-state index in [0.29, 0.717) is 17.0 Å². The van der Waals surface area contributed by atoms with Crippen molar-refractivity contribution in [3.63, 3.8) is 0 Å². The maximum Gasteiger partial charge on any atom is 0.338 e. The molecule has 0 spiro atoms. The predicted octanol–water partition coefficient (Wildman–Crippen LogP) is 2.27. The summed E-state index contributed by atoms with van der Waals surface area (Å²) in [5.74, 6) is -0.362. The van der Waals surface area contributed by atoms with Crippen LogP contribution in [0.25, 0.3) is 0 Å². The van der Waals surface area contributed by atoms with Crippen LogP contribution < -0.4 is 10.1 Å². The molecule has 2 rings (SSSR count). The number of sulfonamides is 1. The maximum atomic E-state index is 12.1. The van der Waals surface area contributed by atoms with Gasteiger partial charge in [-0.1, -0.05) is 18.2 Å². The number of nitrogens with one attached hydrogen (secondary N) is 1. The lowest BCUT2D eigenvalue weighted by Gasteiger charge is -2.14. The van der Waals surface area contributed by atoms with Crippen LogP contribution >= 0.6 is 0 Å². The molecule has 9 heteroatoms. The van der Waals surface area contributed by atoms with E-state index in [1.54, 1.807) is 49.4 Å². The highest BCUT2D eigenvalue weighted by molar-refractivity contribution is 7.88. The maximum absolute atomic E-state index is 12.1. The number of ether oxygens (including phenoxy) is 2. The topological polar surface area (TPSA) is 102 Å². The van der Waals surface area contributed by atoms with Gasteiger partial charge in [0.2, 0.25) is 10.0 Å². The summed E-state index contributed by atoms with van der Waals surface area (Å²) in [6.07, 6.45) is 1.14. The van der Waals surface area contributed by atoms with Gasteiger partial charge in [-0.2, -0.15) is 0 Å². The van der Waals surface area contributed by atoms with Crippen LogP contribution in [0.5, 0.6) is 5.75 Å². The molecule has 0 unspecified atom stereocenters. The van der Waals surface area contributed by atoms with E-state index in [0.717, 1.165) is 11.8 Å². The van der Waals surface area contributed by atoms with E-state index >= 15 is 0 Å². The molecule has 2 aromatic rings. The molecule has 0 aliphatic rings. The standard InChI is InChI=1S/C20H24N2O6S/c1-4-27-20(24)16-6-5-7-17(12-16)21-19(23)14-28-18-10-8-15(9-11-18)13-22(2)29(3,25)26/h5-12H,4,13-14H2,1-3H3,(H,21,23). The number of benzene rings is 2. The quantitative estimate of drug-likeness (QED) is 0.625. The van der Waals surface area contributed by atoms with E-state index in [1.165, 1.54) is 17.4 Å². The highest BCUT2D eigenvalue weighted by atomic mass is 32.2. The third kappa shape index (κ3) is 7.20. The van der Waals surface area contributed by atoms with Gasteiger partial charge >= 0.3 is 5.97 Å². The number of amides is 1. The number of rotatable bonds is 9. The molecule has 8 nitrogen and oxygen atoms in total. The summed E-state index contributed by atoms with van der Waals surface area (Å²) in [6.45, 7) is 2.02. The van der Waals surface area contributed by atoms with Gasteiger partial charge in [0.1, 0.15) is 5.75 Å². The minimum absolute atomic E-state index is 0.216. The molecule has 0 fully saturated rings. The fourth-order valence-electron chi connectivity index (χ4n) is 2.35. The fourth-order valence-corrected chi connectivity index (χ4v) is 2.73. The van der Waals surface area contributed by atoms with Gasteiger partial charge in [-0.15, -0.1) is 0 Å². The molecule has 0 saturated heterocycles. The van der Waals surface area contributed by atoms with E-state index in [2.05, 4.69) is 5.32 Å². The first-order valence-electron chi connectivity index (χ1n) is 8.89. The normalized spacial score (nSPS) is 11.2. The second-order valence-electron chi connectivity index (χ2n) is 6.30. The minimum Gasteiger partial charge on any atom is -0.484 e. The first-order valence-corrected chi connectivity index (χ1v) is 10.7. The largest absolute Gasteiger partial charge is 0.484 e. The van der Waals surface area contributed by atoms with E-state index in [1.807, 2.05) is 0 Å². The Bertz CT molecular complexity index is 957. The zero-order valence-electron chi connectivity index (χ0n) is 16.5. The van der Waals surface area contributed by atoms with Gasteiger partial charge in [-0.3, -0.25) is 4.79 Å². The van der Waals surface area contributed by atoms with Crippen LogP contribution in [0, 0.1) is 0 Å². The Morgan fingerprint density at radius 2 is 1.79 bits per heavy atom. The summed E-state index contributed by atoms with van der Waals surface area (Å²) in [4.78, 5) is 23.8. The first-order chi connectivity index (χ1) is 13.7. The molecule has 0 radical (unpaired) electrons. The van der Waals surface area contributed by atoms with Crippen LogP contribution in [0.4, 0.5) is 5.69 Å². The Kier molecular flexibility index (Phi) is 7.74. The lowest BCUT2D eigenvalue weighted by molar-refractivity contribution is -0.118. The molecular formula is C20H24N2O6S. The number of carbonyl (C=O) groups excluding carboxylic acids is 2. The van der Waals surface area contributed by atoms with Crippen LogP contribution in [0.1, 0.15) is 22.8 Å². The zero-order chi connectivity index (χ0) is 21.4. The minimum atomic E-state index is -3.25. The van der Waals surface area contributed by atoms with Crippen LogP contribution in [-0.2, 0) is 26.1 Å². The lowest BCUT2D eigenvalue weighted by atomic mass is 10.2. The molecule has 0 aliphatic heterocycles. The number of anilines is 1. The van der Waals surface area contributed by atoms with Gasteiger partial charge in [0.25, 0.3) is 5.91 Å². The Morgan fingerprint density at radius 3 is 2.41 bits per heavy atom. The van der Waals surface area contributed by atoms with Gasteiger partial charge in [-0.05, 0) is 42.8 Å². The van der Waals surface area contributed by atoms with Crippen molar-refractivity contribution in [1.82, 2.24) is 4.31 Å². The third-order valence-corrected chi connectivity index (χ3v) is 5.18. The van der Waals surface area contributed by atoms with Gasteiger partial charge in [-0.25, -0.2) is 17.5 Å². The highest BCUT2D eigenvalue weighted by Gasteiger charge is 2.12. The SMILES string of the molecule is CCOC(=O)c1cccc(NC(=O)COc2ccc(CN(C)S(C)(=O)=O)cc2)c1. The Balaban J connectivity index is 1.88. The third-order valence-electron chi connectivity index (χ3n) is 3.92. The monoisotopic (exact) mass is 420 g/mol. The van der Waals surface area contributed by atoms with Crippen molar-refractivity contribution in [2.75, 3.05) is 31.8 Å². The summed E-state index contributed by atoms with van der Waals surface area (Å²) in [5.41, 5.74) is 1.61. The van der Waals surface area contributed by atoms with Crippen molar-refractivity contribution in [3.8, 4) is 5.75 Å². The molecular weight excluding hydrogens is 396 g/mol. The first kappa shape index (κ1) is 22.4. The molecule has 156 valence electrons. The van der Waals surface area contributed by atoms with Crippen LogP contribution in [-0.4, -0.2) is 51.1 Å². The van der Waals surface area contributed by atoms with Crippen molar-refractivity contribution >= 4 is 27.6 Å².